The maximum absolute atomic E-state index is 12.6. The van der Waals surface area contributed by atoms with Crippen LogP contribution in [-0.4, -0.2) is 46.5 Å². The Morgan fingerprint density at radius 3 is 2.83 bits per heavy atom. The number of aromatic nitrogens is 1. The third-order valence-corrected chi connectivity index (χ3v) is 4.19. The summed E-state index contributed by atoms with van der Waals surface area (Å²) >= 11 is 0. The maximum Gasteiger partial charge on any atom is 0.293 e. The van der Waals surface area contributed by atoms with Crippen molar-refractivity contribution in [2.24, 2.45) is 0 Å². The fourth-order valence-corrected chi connectivity index (χ4v) is 3.04. The number of hydrogen-bond donors (Lipinski definition) is 1. The summed E-state index contributed by atoms with van der Waals surface area (Å²) in [4.78, 5) is 27.9. The number of nitrogens with zero attached hydrogens (tertiary/aromatic N) is 2. The van der Waals surface area contributed by atoms with E-state index in [1.807, 2.05) is 6.92 Å². The van der Waals surface area contributed by atoms with Crippen LogP contribution in [0.3, 0.4) is 0 Å². The molecule has 0 unspecified atom stereocenters. The Morgan fingerprint density at radius 1 is 1.43 bits per heavy atom. The fourth-order valence-electron chi connectivity index (χ4n) is 3.04. The Balaban J connectivity index is 1.79. The molecular formula is C16H19N3O4. The van der Waals surface area contributed by atoms with Crippen molar-refractivity contribution in [3.8, 4) is 0 Å². The second-order valence-electron chi connectivity index (χ2n) is 5.63. The number of benzene rings is 1. The quantitative estimate of drug-likeness (QED) is 0.693. The fraction of sp³-hybridized carbons (Fsp3) is 0.438. The van der Waals surface area contributed by atoms with Crippen LogP contribution in [-0.2, 0) is 4.74 Å². The highest BCUT2D eigenvalue weighted by molar-refractivity contribution is 6.00. The van der Waals surface area contributed by atoms with E-state index >= 15 is 0 Å². The molecule has 7 nitrogen and oxygen atoms in total. The molecule has 1 aromatic carbocycles. The molecule has 1 aliphatic heterocycles. The van der Waals surface area contributed by atoms with E-state index in [9.17, 15) is 14.9 Å². The van der Waals surface area contributed by atoms with Crippen molar-refractivity contribution in [2.75, 3.05) is 19.7 Å². The highest BCUT2D eigenvalue weighted by Crippen LogP contribution is 2.26. The van der Waals surface area contributed by atoms with Crippen molar-refractivity contribution in [1.29, 1.82) is 0 Å². The summed E-state index contributed by atoms with van der Waals surface area (Å²) in [6.45, 7) is 3.93. The Labute approximate surface area is 133 Å². The lowest BCUT2D eigenvalue weighted by molar-refractivity contribution is -0.383. The van der Waals surface area contributed by atoms with Crippen molar-refractivity contribution in [1.82, 2.24) is 9.88 Å². The monoisotopic (exact) mass is 317 g/mol. The van der Waals surface area contributed by atoms with Crippen LogP contribution in [0.4, 0.5) is 5.69 Å². The summed E-state index contributed by atoms with van der Waals surface area (Å²) in [5.41, 5.74) is 0.769. The number of carbonyl (C=O) groups is 1. The second kappa shape index (κ2) is 6.37. The molecule has 1 aromatic heterocycles. The molecule has 0 atom stereocenters. The van der Waals surface area contributed by atoms with Crippen LogP contribution < -0.4 is 0 Å². The second-order valence-corrected chi connectivity index (χ2v) is 5.63. The number of para-hydroxylation sites is 1. The minimum absolute atomic E-state index is 0.0170. The van der Waals surface area contributed by atoms with Crippen LogP contribution in [0.2, 0.25) is 0 Å². The molecule has 2 aromatic rings. The average molecular weight is 317 g/mol. The van der Waals surface area contributed by atoms with Crippen molar-refractivity contribution in [2.45, 2.75) is 25.9 Å². The van der Waals surface area contributed by atoms with Crippen LogP contribution in [0.25, 0.3) is 10.9 Å². The average Bonchev–Trinajstić information content (AvgIpc) is 2.99. The molecular weight excluding hydrogens is 298 g/mol. The summed E-state index contributed by atoms with van der Waals surface area (Å²) in [7, 11) is 0. The summed E-state index contributed by atoms with van der Waals surface area (Å²) < 4.78 is 5.59. The van der Waals surface area contributed by atoms with Gasteiger partial charge in [-0.2, -0.15) is 0 Å². The predicted octanol–water partition coefficient (Wildman–Crippen LogP) is 2.72. The first kappa shape index (κ1) is 15.5. The molecule has 2 heterocycles. The first-order valence-electron chi connectivity index (χ1n) is 7.77. The van der Waals surface area contributed by atoms with Gasteiger partial charge in [0, 0.05) is 31.1 Å². The number of rotatable bonds is 4. The van der Waals surface area contributed by atoms with Crippen molar-refractivity contribution in [3.63, 3.8) is 0 Å². The minimum atomic E-state index is -0.444. The number of amides is 1. The topological polar surface area (TPSA) is 88.5 Å². The first-order valence-corrected chi connectivity index (χ1v) is 7.77. The van der Waals surface area contributed by atoms with Crippen LogP contribution >= 0.6 is 0 Å². The van der Waals surface area contributed by atoms with E-state index in [1.54, 1.807) is 23.1 Å². The zero-order valence-corrected chi connectivity index (χ0v) is 12.9. The summed E-state index contributed by atoms with van der Waals surface area (Å²) in [5.74, 6) is -0.120. The van der Waals surface area contributed by atoms with E-state index in [4.69, 9.17) is 4.74 Å². The SMILES string of the molecule is CCOC1CCN(C(=O)c2cc3cccc([N+](=O)[O-])c3[nH]2)CC1. The number of ether oxygens (including phenoxy) is 1. The molecule has 1 N–H and O–H groups in total. The highest BCUT2D eigenvalue weighted by Gasteiger charge is 2.25. The van der Waals surface area contributed by atoms with Crippen molar-refractivity contribution < 1.29 is 14.5 Å². The number of fused-ring (bicyclic) bond motifs is 1. The number of non-ortho nitro benzene ring substituents is 1. The zero-order valence-electron chi connectivity index (χ0n) is 12.9. The lowest BCUT2D eigenvalue weighted by atomic mass is 10.1. The molecule has 23 heavy (non-hydrogen) atoms. The number of likely N-dealkylation sites (tertiary alicyclic amines) is 1. The van der Waals surface area contributed by atoms with E-state index < -0.39 is 4.92 Å². The Kier molecular flexibility index (Phi) is 4.29. The van der Waals surface area contributed by atoms with E-state index in [0.717, 1.165) is 12.8 Å². The lowest BCUT2D eigenvalue weighted by Crippen LogP contribution is -2.41. The lowest BCUT2D eigenvalue weighted by Gasteiger charge is -2.31. The zero-order chi connectivity index (χ0) is 16.4. The molecule has 7 heteroatoms. The number of nitrogens with one attached hydrogen (secondary N) is 1. The van der Waals surface area contributed by atoms with Crippen LogP contribution in [0, 0.1) is 10.1 Å². The van der Waals surface area contributed by atoms with Gasteiger partial charge in [0.25, 0.3) is 11.6 Å². The summed E-state index contributed by atoms with van der Waals surface area (Å²) in [6.07, 6.45) is 1.85. The molecule has 0 radical (unpaired) electrons. The number of nitro groups is 1. The van der Waals surface area contributed by atoms with Gasteiger partial charge in [0.15, 0.2) is 0 Å². The smallest absolute Gasteiger partial charge is 0.293 e. The van der Waals surface area contributed by atoms with Gasteiger partial charge in [0.2, 0.25) is 0 Å². The van der Waals surface area contributed by atoms with Crippen LogP contribution in [0.5, 0.6) is 0 Å². The minimum Gasteiger partial charge on any atom is -0.378 e. The van der Waals surface area contributed by atoms with Crippen LogP contribution in [0.15, 0.2) is 24.3 Å². The maximum atomic E-state index is 12.6. The van der Waals surface area contributed by atoms with Crippen LogP contribution in [0.1, 0.15) is 30.3 Å². The molecule has 1 fully saturated rings. The van der Waals surface area contributed by atoms with Gasteiger partial charge in [-0.25, -0.2) is 0 Å². The molecule has 0 spiro atoms. The van der Waals surface area contributed by atoms with Gasteiger partial charge < -0.3 is 14.6 Å². The Bertz CT molecular complexity index is 732. The third kappa shape index (κ3) is 3.05. The third-order valence-electron chi connectivity index (χ3n) is 4.19. The molecule has 1 aliphatic rings. The molecule has 0 saturated carbocycles. The van der Waals surface area contributed by atoms with Gasteiger partial charge >= 0.3 is 0 Å². The van der Waals surface area contributed by atoms with E-state index in [-0.39, 0.29) is 17.7 Å². The number of hydrogen-bond acceptors (Lipinski definition) is 4. The predicted molar refractivity (Wildman–Crippen MR) is 85.5 cm³/mol. The molecule has 122 valence electrons. The highest BCUT2D eigenvalue weighted by atomic mass is 16.6. The van der Waals surface area contributed by atoms with Crippen molar-refractivity contribution >= 4 is 22.5 Å². The first-order chi connectivity index (χ1) is 11.1. The van der Waals surface area contributed by atoms with E-state index in [1.165, 1.54) is 6.07 Å². The summed E-state index contributed by atoms with van der Waals surface area (Å²) in [6, 6.07) is 6.49. The standard InChI is InChI=1S/C16H19N3O4/c1-2-23-12-6-8-18(9-7-12)16(20)13-10-11-4-3-5-14(19(21)22)15(11)17-13/h3-5,10,12,17H,2,6-9H2,1H3. The molecule has 1 saturated heterocycles. The number of carbonyl (C=O) groups excluding carboxylic acids is 1. The van der Waals surface area contributed by atoms with Gasteiger partial charge in [-0.3, -0.25) is 14.9 Å². The summed E-state index contributed by atoms with van der Waals surface area (Å²) in [5, 5.41) is 11.7. The van der Waals surface area contributed by atoms with Crippen molar-refractivity contribution in [3.05, 3.63) is 40.1 Å². The molecule has 0 aliphatic carbocycles. The van der Waals surface area contributed by atoms with Gasteiger partial charge in [-0.15, -0.1) is 0 Å². The Hall–Kier alpha value is -2.41. The largest absolute Gasteiger partial charge is 0.378 e. The normalized spacial score (nSPS) is 16.0. The van der Waals surface area contributed by atoms with Gasteiger partial charge in [0.05, 0.1) is 11.0 Å². The van der Waals surface area contributed by atoms with Gasteiger partial charge in [-0.1, -0.05) is 12.1 Å². The van der Waals surface area contributed by atoms with Gasteiger partial charge in [-0.05, 0) is 25.8 Å². The van der Waals surface area contributed by atoms with E-state index in [0.29, 0.717) is 36.3 Å². The Morgan fingerprint density at radius 2 is 2.17 bits per heavy atom. The number of aromatic amines is 1. The molecule has 3 rings (SSSR count). The number of H-pyrrole nitrogens is 1. The molecule has 0 bridgehead atoms. The van der Waals surface area contributed by atoms with E-state index in [2.05, 4.69) is 4.98 Å². The molecule has 1 amide bonds. The number of piperidine rings is 1. The number of nitro benzene ring substituents is 1. The van der Waals surface area contributed by atoms with Gasteiger partial charge in [0.1, 0.15) is 11.2 Å².